The Morgan fingerprint density at radius 3 is 2.59 bits per heavy atom. The van der Waals surface area contributed by atoms with Gasteiger partial charge in [-0.15, -0.1) is 0 Å². The third-order valence-electron chi connectivity index (χ3n) is 4.47. The van der Waals surface area contributed by atoms with Crippen LogP contribution in [0.3, 0.4) is 0 Å². The fraction of sp³-hybridized carbons (Fsp3) is 0.130. The molecule has 0 amide bonds. The summed E-state index contributed by atoms with van der Waals surface area (Å²) in [4.78, 5) is 25.0. The average Bonchev–Trinajstić information content (AvgIpc) is 3.15. The van der Waals surface area contributed by atoms with E-state index in [0.29, 0.717) is 33.8 Å². The number of Topliss-reactive ketones (excluding diaryl/α,β-unsaturated/α-hetero) is 1. The Morgan fingerprint density at radius 1 is 1.07 bits per heavy atom. The van der Waals surface area contributed by atoms with Crippen LogP contribution in [0.25, 0.3) is 34.2 Å². The molecular formula is C23H18ClN3O2. The van der Waals surface area contributed by atoms with Gasteiger partial charge in [-0.05, 0) is 43.7 Å². The molecule has 4 aromatic rings. The Hall–Kier alpha value is -3.31. The smallest absolute Gasteiger partial charge is 0.227 e. The van der Waals surface area contributed by atoms with Gasteiger partial charge in [-0.25, -0.2) is 4.98 Å². The molecule has 144 valence electrons. The van der Waals surface area contributed by atoms with E-state index in [1.807, 2.05) is 55.5 Å². The summed E-state index contributed by atoms with van der Waals surface area (Å²) in [6.45, 7) is 3.47. The lowest BCUT2D eigenvalue weighted by molar-refractivity contribution is -0.116. The molecule has 6 heteroatoms. The van der Waals surface area contributed by atoms with Crippen molar-refractivity contribution in [2.75, 3.05) is 0 Å². The maximum absolute atomic E-state index is 11.5. The minimum Gasteiger partial charge on any atom is -0.434 e. The van der Waals surface area contributed by atoms with Crippen molar-refractivity contribution in [3.05, 3.63) is 77.2 Å². The molecule has 3 heterocycles. The number of hydrogen-bond acceptors (Lipinski definition) is 5. The van der Waals surface area contributed by atoms with Crippen molar-refractivity contribution in [3.8, 4) is 34.2 Å². The molecule has 1 aromatic carbocycles. The van der Waals surface area contributed by atoms with Crippen LogP contribution in [0.5, 0.6) is 0 Å². The molecule has 0 aliphatic carbocycles. The molecule has 0 aliphatic heterocycles. The lowest BCUT2D eigenvalue weighted by Gasteiger charge is -2.04. The molecule has 5 nitrogen and oxygen atoms in total. The zero-order valence-electron chi connectivity index (χ0n) is 16.0. The quantitative estimate of drug-likeness (QED) is 0.436. The van der Waals surface area contributed by atoms with Crippen LogP contribution >= 0.6 is 11.6 Å². The van der Waals surface area contributed by atoms with Crippen LogP contribution in [0.2, 0.25) is 5.02 Å². The van der Waals surface area contributed by atoms with E-state index in [4.69, 9.17) is 21.0 Å². The topological polar surface area (TPSA) is 68.9 Å². The second-order valence-corrected chi connectivity index (χ2v) is 7.17. The minimum absolute atomic E-state index is 0.0469. The van der Waals surface area contributed by atoms with Crippen molar-refractivity contribution < 1.29 is 9.21 Å². The highest BCUT2D eigenvalue weighted by molar-refractivity contribution is 6.33. The molecule has 0 fully saturated rings. The van der Waals surface area contributed by atoms with Crippen LogP contribution < -0.4 is 0 Å². The Kier molecular flexibility index (Phi) is 5.23. The molecule has 0 saturated carbocycles. The van der Waals surface area contributed by atoms with E-state index in [1.165, 1.54) is 0 Å². The molecule has 0 N–H and O–H groups in total. The number of oxazole rings is 1. The van der Waals surface area contributed by atoms with E-state index in [0.717, 1.165) is 16.7 Å². The normalized spacial score (nSPS) is 10.9. The van der Waals surface area contributed by atoms with Crippen LogP contribution in [-0.4, -0.2) is 20.7 Å². The number of carbonyl (C=O) groups excluding carboxylic acids is 1. The van der Waals surface area contributed by atoms with E-state index in [9.17, 15) is 4.79 Å². The van der Waals surface area contributed by atoms with Gasteiger partial charge in [0.2, 0.25) is 5.89 Å². The molecule has 3 aromatic heterocycles. The summed E-state index contributed by atoms with van der Waals surface area (Å²) in [5.74, 6) is 1.02. The Labute approximate surface area is 173 Å². The Morgan fingerprint density at radius 2 is 1.86 bits per heavy atom. The van der Waals surface area contributed by atoms with Gasteiger partial charge < -0.3 is 4.42 Å². The van der Waals surface area contributed by atoms with Crippen LogP contribution in [-0.2, 0) is 11.2 Å². The van der Waals surface area contributed by atoms with Crippen molar-refractivity contribution in [1.29, 1.82) is 0 Å². The summed E-state index contributed by atoms with van der Waals surface area (Å²) in [6.07, 6.45) is 3.70. The standard InChI is InChI=1S/C23H18ClN3O2/c1-14-13-26-16(11-15(2)28)12-18(14)23-27-21(17-7-3-4-8-19(17)24)22(29-23)20-9-5-6-10-25-20/h3-10,12-13H,11H2,1-2H3. The van der Waals surface area contributed by atoms with E-state index >= 15 is 0 Å². The van der Waals surface area contributed by atoms with E-state index < -0.39 is 0 Å². The van der Waals surface area contributed by atoms with Gasteiger partial charge in [-0.3, -0.25) is 14.8 Å². The van der Waals surface area contributed by atoms with Crippen LogP contribution in [0.1, 0.15) is 18.2 Å². The van der Waals surface area contributed by atoms with Crippen LogP contribution in [0, 0.1) is 6.92 Å². The molecule has 4 rings (SSSR count). The van der Waals surface area contributed by atoms with Gasteiger partial charge >= 0.3 is 0 Å². The molecule has 0 atom stereocenters. The van der Waals surface area contributed by atoms with Crippen LogP contribution in [0.15, 0.2) is 65.3 Å². The van der Waals surface area contributed by atoms with Gasteiger partial charge in [0.25, 0.3) is 0 Å². The predicted octanol–water partition coefficient (Wildman–Crippen LogP) is 5.56. The van der Waals surface area contributed by atoms with E-state index in [1.54, 1.807) is 19.3 Å². The minimum atomic E-state index is 0.0469. The molecule has 0 bridgehead atoms. The lowest BCUT2D eigenvalue weighted by atomic mass is 10.1. The molecule has 0 unspecified atom stereocenters. The number of ketones is 1. The molecular weight excluding hydrogens is 386 g/mol. The summed E-state index contributed by atoms with van der Waals surface area (Å²) in [5, 5.41) is 0.577. The molecule has 0 aliphatic rings. The second kappa shape index (κ2) is 7.97. The Balaban J connectivity index is 1.91. The first-order valence-corrected chi connectivity index (χ1v) is 9.53. The SMILES string of the molecule is CC(=O)Cc1cc(-c2nc(-c3ccccc3Cl)c(-c3ccccn3)o2)c(C)cn1. The maximum atomic E-state index is 11.5. The summed E-state index contributed by atoms with van der Waals surface area (Å²) in [6, 6.07) is 14.9. The molecule has 29 heavy (non-hydrogen) atoms. The number of rotatable bonds is 5. The number of benzene rings is 1. The number of nitrogens with zero attached hydrogens (tertiary/aromatic N) is 3. The van der Waals surface area contributed by atoms with Crippen molar-refractivity contribution in [1.82, 2.24) is 15.0 Å². The molecule has 0 saturated heterocycles. The highest BCUT2D eigenvalue weighted by Gasteiger charge is 2.21. The van der Waals surface area contributed by atoms with Crippen molar-refractivity contribution in [3.63, 3.8) is 0 Å². The third kappa shape index (κ3) is 3.96. The number of carbonyl (C=O) groups is 1. The number of aromatic nitrogens is 3. The zero-order chi connectivity index (χ0) is 20.4. The zero-order valence-corrected chi connectivity index (χ0v) is 16.8. The predicted molar refractivity (Wildman–Crippen MR) is 113 cm³/mol. The van der Waals surface area contributed by atoms with Gasteiger partial charge in [0.1, 0.15) is 17.2 Å². The first kappa shape index (κ1) is 19.0. The number of aryl methyl sites for hydroxylation is 1. The highest BCUT2D eigenvalue weighted by atomic mass is 35.5. The number of halogens is 1. The fourth-order valence-electron chi connectivity index (χ4n) is 3.09. The van der Waals surface area contributed by atoms with E-state index in [2.05, 4.69) is 9.97 Å². The fourth-order valence-corrected chi connectivity index (χ4v) is 3.32. The molecule has 0 radical (unpaired) electrons. The highest BCUT2D eigenvalue weighted by Crippen LogP contribution is 2.38. The van der Waals surface area contributed by atoms with Crippen molar-refractivity contribution in [2.24, 2.45) is 0 Å². The van der Waals surface area contributed by atoms with Crippen molar-refractivity contribution >= 4 is 17.4 Å². The second-order valence-electron chi connectivity index (χ2n) is 6.76. The summed E-state index contributed by atoms with van der Waals surface area (Å²) >= 11 is 6.44. The maximum Gasteiger partial charge on any atom is 0.227 e. The largest absolute Gasteiger partial charge is 0.434 e. The monoisotopic (exact) mass is 403 g/mol. The van der Waals surface area contributed by atoms with Gasteiger partial charge in [0.05, 0.1) is 5.02 Å². The van der Waals surface area contributed by atoms with Gasteiger partial charge in [0, 0.05) is 35.6 Å². The van der Waals surface area contributed by atoms with Gasteiger partial charge in [-0.2, -0.15) is 0 Å². The first-order chi connectivity index (χ1) is 14.0. The first-order valence-electron chi connectivity index (χ1n) is 9.15. The Bertz CT molecular complexity index is 1190. The summed E-state index contributed by atoms with van der Waals surface area (Å²) < 4.78 is 6.19. The summed E-state index contributed by atoms with van der Waals surface area (Å²) in [7, 11) is 0. The number of hydrogen-bond donors (Lipinski definition) is 0. The summed E-state index contributed by atoms with van der Waals surface area (Å²) in [5.41, 5.74) is 4.41. The van der Waals surface area contributed by atoms with Gasteiger partial charge in [-0.1, -0.05) is 35.9 Å². The van der Waals surface area contributed by atoms with Crippen molar-refractivity contribution in [2.45, 2.75) is 20.3 Å². The van der Waals surface area contributed by atoms with E-state index in [-0.39, 0.29) is 12.2 Å². The average molecular weight is 404 g/mol. The third-order valence-corrected chi connectivity index (χ3v) is 4.80. The molecule has 0 spiro atoms. The number of pyridine rings is 2. The van der Waals surface area contributed by atoms with Crippen LogP contribution in [0.4, 0.5) is 0 Å². The van der Waals surface area contributed by atoms with Gasteiger partial charge in [0.15, 0.2) is 5.76 Å². The lowest BCUT2D eigenvalue weighted by Crippen LogP contribution is -2.00.